The van der Waals surface area contributed by atoms with Gasteiger partial charge in [0.15, 0.2) is 5.75 Å². The number of carbonyl (C=O) groups excluding carboxylic acids is 1. The van der Waals surface area contributed by atoms with Gasteiger partial charge in [0.25, 0.3) is 5.91 Å². The van der Waals surface area contributed by atoms with Crippen molar-refractivity contribution in [3.05, 3.63) is 69.7 Å². The van der Waals surface area contributed by atoms with Crippen LogP contribution in [0.25, 0.3) is 0 Å². The Morgan fingerprint density at radius 3 is 2.24 bits per heavy atom. The number of unbranched alkanes of at least 4 members (excludes halogenated alkanes) is 11. The molecule has 0 saturated heterocycles. The van der Waals surface area contributed by atoms with Crippen LogP contribution in [-0.2, 0) is 6.54 Å². The molecule has 1 heterocycles. The summed E-state index contributed by atoms with van der Waals surface area (Å²) in [6, 6.07) is 13.3. The van der Waals surface area contributed by atoms with E-state index in [1.165, 1.54) is 69.1 Å². The minimum atomic E-state index is -0.148. The van der Waals surface area contributed by atoms with E-state index in [0.717, 1.165) is 24.3 Å². The molecule has 0 aromatic heterocycles. The van der Waals surface area contributed by atoms with Gasteiger partial charge in [-0.25, -0.2) is 0 Å². The van der Waals surface area contributed by atoms with E-state index in [9.17, 15) is 4.79 Å². The average molecular weight is 557 g/mol. The Labute approximate surface area is 239 Å². The molecule has 4 nitrogen and oxygen atoms in total. The fourth-order valence-corrected chi connectivity index (χ4v) is 5.76. The van der Waals surface area contributed by atoms with E-state index in [1.807, 2.05) is 54.2 Å². The molecular formula is C32H45ClN2O2S. The summed E-state index contributed by atoms with van der Waals surface area (Å²) in [7, 11) is 0. The lowest BCUT2D eigenvalue weighted by Crippen LogP contribution is -2.19. The number of allylic oxidation sites excluding steroid dienone is 1. The summed E-state index contributed by atoms with van der Waals surface area (Å²) < 4.78 is 6.08. The number of benzene rings is 2. The van der Waals surface area contributed by atoms with E-state index in [-0.39, 0.29) is 5.91 Å². The molecule has 1 amide bonds. The van der Waals surface area contributed by atoms with Crippen molar-refractivity contribution in [2.45, 2.75) is 97.4 Å². The Morgan fingerprint density at radius 1 is 0.921 bits per heavy atom. The van der Waals surface area contributed by atoms with Gasteiger partial charge in [-0.3, -0.25) is 4.79 Å². The molecule has 0 atom stereocenters. The van der Waals surface area contributed by atoms with Crippen LogP contribution < -0.4 is 10.1 Å². The number of nitrogens with zero attached hydrogens (tertiary/aromatic N) is 1. The molecule has 2 aromatic carbocycles. The lowest BCUT2D eigenvalue weighted by Gasteiger charge is -2.18. The highest BCUT2D eigenvalue weighted by Gasteiger charge is 2.18. The SMILES string of the molecule is CCCCCCCCCCCCCCOc1c(Cl)cccc1NC(=O)c1ccccc1CN1C=C(C)SC1. The molecule has 1 aliphatic rings. The van der Waals surface area contributed by atoms with E-state index >= 15 is 0 Å². The maximum absolute atomic E-state index is 13.3. The van der Waals surface area contributed by atoms with E-state index in [2.05, 4.69) is 30.3 Å². The molecule has 0 fully saturated rings. The van der Waals surface area contributed by atoms with Gasteiger partial charge in [-0.15, -0.1) is 11.8 Å². The first-order chi connectivity index (χ1) is 18.6. The number of rotatable bonds is 18. The summed E-state index contributed by atoms with van der Waals surface area (Å²) in [5.41, 5.74) is 2.28. The Bertz CT molecular complexity index is 1030. The molecule has 6 heteroatoms. The highest BCUT2D eigenvalue weighted by Crippen LogP contribution is 2.34. The van der Waals surface area contributed by atoms with Gasteiger partial charge in [-0.1, -0.05) is 113 Å². The summed E-state index contributed by atoms with van der Waals surface area (Å²) in [5, 5.41) is 3.57. The van der Waals surface area contributed by atoms with E-state index in [4.69, 9.17) is 16.3 Å². The van der Waals surface area contributed by atoms with Gasteiger partial charge >= 0.3 is 0 Å². The topological polar surface area (TPSA) is 41.6 Å². The normalized spacial score (nSPS) is 13.0. The third-order valence-electron chi connectivity index (χ3n) is 6.92. The monoisotopic (exact) mass is 556 g/mol. The molecule has 208 valence electrons. The van der Waals surface area contributed by atoms with Gasteiger partial charge < -0.3 is 15.0 Å². The Kier molecular flexibility index (Phi) is 14.0. The van der Waals surface area contributed by atoms with Crippen LogP contribution in [0.5, 0.6) is 5.75 Å². The number of amides is 1. The first-order valence-corrected chi connectivity index (χ1v) is 15.8. The van der Waals surface area contributed by atoms with Crippen molar-refractivity contribution in [2.24, 2.45) is 0 Å². The third-order valence-corrected chi connectivity index (χ3v) is 8.24. The number of nitrogens with one attached hydrogen (secondary N) is 1. The van der Waals surface area contributed by atoms with Crippen molar-refractivity contribution in [3.63, 3.8) is 0 Å². The maximum Gasteiger partial charge on any atom is 0.256 e. The molecule has 0 unspecified atom stereocenters. The van der Waals surface area contributed by atoms with E-state index < -0.39 is 0 Å². The zero-order valence-electron chi connectivity index (χ0n) is 23.3. The molecule has 0 radical (unpaired) electrons. The molecule has 0 bridgehead atoms. The van der Waals surface area contributed by atoms with Crippen LogP contribution in [0.15, 0.2) is 53.6 Å². The Hall–Kier alpha value is -2.11. The highest BCUT2D eigenvalue weighted by atomic mass is 35.5. The van der Waals surface area contributed by atoms with Crippen LogP contribution >= 0.6 is 23.4 Å². The van der Waals surface area contributed by atoms with Crippen LogP contribution in [0.3, 0.4) is 0 Å². The zero-order chi connectivity index (χ0) is 27.0. The summed E-state index contributed by atoms with van der Waals surface area (Å²) in [4.78, 5) is 16.8. The molecular weight excluding hydrogens is 512 g/mol. The predicted molar refractivity (Wildman–Crippen MR) is 164 cm³/mol. The number of anilines is 1. The van der Waals surface area contributed by atoms with Crippen LogP contribution in [0.4, 0.5) is 5.69 Å². The summed E-state index contributed by atoms with van der Waals surface area (Å²) in [5.74, 6) is 1.32. The average Bonchev–Trinajstić information content (AvgIpc) is 3.32. The lowest BCUT2D eigenvalue weighted by molar-refractivity contribution is 0.102. The van der Waals surface area contributed by atoms with Gasteiger partial charge in [0.1, 0.15) is 0 Å². The van der Waals surface area contributed by atoms with Crippen molar-refractivity contribution in [2.75, 3.05) is 17.8 Å². The van der Waals surface area contributed by atoms with Crippen LogP contribution in [-0.4, -0.2) is 23.3 Å². The number of hydrogen-bond acceptors (Lipinski definition) is 4. The van der Waals surface area contributed by atoms with E-state index in [0.29, 0.717) is 35.2 Å². The summed E-state index contributed by atoms with van der Waals surface area (Å²) >= 11 is 8.30. The van der Waals surface area contributed by atoms with Crippen molar-refractivity contribution < 1.29 is 9.53 Å². The fourth-order valence-electron chi connectivity index (χ4n) is 4.77. The van der Waals surface area contributed by atoms with Gasteiger partial charge in [0, 0.05) is 18.3 Å². The summed E-state index contributed by atoms with van der Waals surface area (Å²) in [6.45, 7) is 5.68. The minimum absolute atomic E-state index is 0.148. The van der Waals surface area contributed by atoms with Crippen molar-refractivity contribution in [1.29, 1.82) is 0 Å². The van der Waals surface area contributed by atoms with Gasteiger partial charge in [0.05, 0.1) is 23.2 Å². The largest absolute Gasteiger partial charge is 0.490 e. The quantitative estimate of drug-likeness (QED) is 0.185. The van der Waals surface area contributed by atoms with Gasteiger partial charge in [-0.2, -0.15) is 0 Å². The Morgan fingerprint density at radius 2 is 1.58 bits per heavy atom. The molecule has 2 aromatic rings. The molecule has 38 heavy (non-hydrogen) atoms. The predicted octanol–water partition coefficient (Wildman–Crippen LogP) is 10.0. The lowest BCUT2D eigenvalue weighted by atomic mass is 10.1. The second-order valence-corrected chi connectivity index (χ2v) is 11.8. The molecule has 0 aliphatic carbocycles. The highest BCUT2D eigenvalue weighted by molar-refractivity contribution is 8.03. The number of para-hydroxylation sites is 1. The summed E-state index contributed by atoms with van der Waals surface area (Å²) in [6.07, 6.45) is 17.8. The number of ether oxygens (including phenoxy) is 1. The molecule has 1 aliphatic heterocycles. The van der Waals surface area contributed by atoms with Gasteiger partial charge in [0.2, 0.25) is 0 Å². The number of halogens is 1. The third kappa shape index (κ3) is 10.6. The zero-order valence-corrected chi connectivity index (χ0v) is 24.8. The van der Waals surface area contributed by atoms with E-state index in [1.54, 1.807) is 0 Å². The Balaban J connectivity index is 1.42. The molecule has 0 spiro atoms. The van der Waals surface area contributed by atoms with Crippen molar-refractivity contribution >= 4 is 35.0 Å². The first-order valence-electron chi connectivity index (χ1n) is 14.4. The molecule has 1 N–H and O–H groups in total. The second kappa shape index (κ2) is 17.5. The van der Waals surface area contributed by atoms with Crippen molar-refractivity contribution in [3.8, 4) is 5.75 Å². The van der Waals surface area contributed by atoms with Crippen LogP contribution in [0.1, 0.15) is 107 Å². The van der Waals surface area contributed by atoms with Crippen LogP contribution in [0, 0.1) is 0 Å². The standard InChI is InChI=1S/C32H45ClN2O2S/c1-3-4-5-6-7-8-9-10-11-12-13-16-22-37-31-29(33)20-17-21-30(31)34-32(36)28-19-15-14-18-27(28)24-35-23-26(2)38-25-35/h14-15,17-21,23H,3-13,16,22,24-25H2,1-2H3,(H,34,36). The second-order valence-electron chi connectivity index (χ2n) is 10.2. The smallest absolute Gasteiger partial charge is 0.256 e. The maximum atomic E-state index is 13.3. The van der Waals surface area contributed by atoms with Gasteiger partial charge in [-0.05, 0) is 42.0 Å². The minimum Gasteiger partial charge on any atom is -0.490 e. The van der Waals surface area contributed by atoms with Crippen molar-refractivity contribution in [1.82, 2.24) is 4.90 Å². The number of thioether (sulfide) groups is 1. The molecule has 0 saturated carbocycles. The number of carbonyl (C=O) groups is 1. The molecule has 3 rings (SSSR count). The number of hydrogen-bond donors (Lipinski definition) is 1. The first kappa shape index (κ1) is 30.4. The fraction of sp³-hybridized carbons (Fsp3) is 0.531. The van der Waals surface area contributed by atoms with Crippen LogP contribution in [0.2, 0.25) is 5.02 Å².